The zero-order valence-corrected chi connectivity index (χ0v) is 11.6. The predicted octanol–water partition coefficient (Wildman–Crippen LogP) is 3.14. The molecule has 0 radical (unpaired) electrons. The number of H-pyrrole nitrogens is 1. The third kappa shape index (κ3) is 2.34. The fourth-order valence-electron chi connectivity index (χ4n) is 2.47. The number of rotatable bonds is 5. The van der Waals surface area contributed by atoms with Gasteiger partial charge in [0.25, 0.3) is 0 Å². The van der Waals surface area contributed by atoms with Gasteiger partial charge in [-0.05, 0) is 44.5 Å². The third-order valence-electron chi connectivity index (χ3n) is 3.55. The molecule has 3 rings (SSSR count). The van der Waals surface area contributed by atoms with Gasteiger partial charge in [0.05, 0.1) is 23.3 Å². The number of fused-ring (bicyclic) bond motifs is 3. The Bertz CT molecular complexity index is 733. The molecule has 4 heteroatoms. The molecule has 0 saturated carbocycles. The van der Waals surface area contributed by atoms with Gasteiger partial charge in [0, 0.05) is 23.0 Å². The van der Waals surface area contributed by atoms with E-state index in [2.05, 4.69) is 22.1 Å². The van der Waals surface area contributed by atoms with E-state index in [0.29, 0.717) is 6.61 Å². The molecule has 0 aliphatic carbocycles. The topological polar surface area (TPSA) is 63.9 Å². The lowest BCUT2D eigenvalue weighted by molar-refractivity contribution is 0.308. The van der Waals surface area contributed by atoms with Crippen LogP contribution in [0.4, 0.5) is 0 Å². The van der Waals surface area contributed by atoms with Gasteiger partial charge in [0.1, 0.15) is 5.75 Å². The largest absolute Gasteiger partial charge is 0.494 e. The van der Waals surface area contributed by atoms with Crippen LogP contribution >= 0.6 is 0 Å². The zero-order chi connectivity index (χ0) is 13.9. The number of aromatic nitrogens is 2. The number of nitrogens with two attached hydrogens (primary N) is 1. The molecule has 3 N–H and O–H groups in total. The summed E-state index contributed by atoms with van der Waals surface area (Å²) in [6.45, 7) is 3.45. The fourth-order valence-corrected chi connectivity index (χ4v) is 2.47. The van der Waals surface area contributed by atoms with Crippen LogP contribution in [0.5, 0.6) is 5.75 Å². The van der Waals surface area contributed by atoms with E-state index in [1.165, 1.54) is 10.8 Å². The van der Waals surface area contributed by atoms with Crippen molar-refractivity contribution in [3.05, 3.63) is 36.2 Å². The second-order valence-corrected chi connectivity index (χ2v) is 5.00. The second-order valence-electron chi connectivity index (χ2n) is 5.00. The number of ether oxygens (including phenoxy) is 1. The van der Waals surface area contributed by atoms with Crippen molar-refractivity contribution >= 4 is 21.8 Å². The Morgan fingerprint density at radius 3 is 2.95 bits per heavy atom. The van der Waals surface area contributed by atoms with Gasteiger partial charge in [0.2, 0.25) is 0 Å². The molecule has 0 amide bonds. The first-order chi connectivity index (χ1) is 9.79. The summed E-state index contributed by atoms with van der Waals surface area (Å²) in [7, 11) is 0. The first-order valence-corrected chi connectivity index (χ1v) is 6.99. The van der Waals surface area contributed by atoms with Crippen LogP contribution in [0.3, 0.4) is 0 Å². The molecule has 0 aliphatic rings. The van der Waals surface area contributed by atoms with E-state index in [1.807, 2.05) is 25.3 Å². The van der Waals surface area contributed by atoms with Gasteiger partial charge in [-0.25, -0.2) is 0 Å². The first kappa shape index (κ1) is 12.9. The fraction of sp³-hybridized carbons (Fsp3) is 0.312. The van der Waals surface area contributed by atoms with Gasteiger partial charge in [-0.2, -0.15) is 0 Å². The summed E-state index contributed by atoms with van der Waals surface area (Å²) >= 11 is 0. The smallest absolute Gasteiger partial charge is 0.121 e. The lowest BCUT2D eigenvalue weighted by atomic mass is 10.1. The Hall–Kier alpha value is -2.07. The molecule has 0 spiro atoms. The van der Waals surface area contributed by atoms with Gasteiger partial charge in [-0.1, -0.05) is 0 Å². The summed E-state index contributed by atoms with van der Waals surface area (Å²) in [6.07, 6.45) is 3.84. The standard InChI is InChI=1S/C16H19N3O/c1-11-16-14(6-8-18-11)13-5-4-12(10-15(13)19-16)20-9-3-2-7-17/h4-6,8,10,19H,2-3,7,9,17H2,1H3. The summed E-state index contributed by atoms with van der Waals surface area (Å²) in [4.78, 5) is 7.75. The average Bonchev–Trinajstić information content (AvgIpc) is 2.83. The predicted molar refractivity (Wildman–Crippen MR) is 82.1 cm³/mol. The number of hydrogen-bond acceptors (Lipinski definition) is 3. The minimum Gasteiger partial charge on any atom is -0.494 e. The van der Waals surface area contributed by atoms with Crippen molar-refractivity contribution in [2.24, 2.45) is 5.73 Å². The van der Waals surface area contributed by atoms with Gasteiger partial charge in [0.15, 0.2) is 0 Å². The van der Waals surface area contributed by atoms with Crippen molar-refractivity contribution in [1.29, 1.82) is 0 Å². The molecule has 0 unspecified atom stereocenters. The molecule has 3 aromatic rings. The van der Waals surface area contributed by atoms with Crippen molar-refractivity contribution in [3.8, 4) is 5.75 Å². The SMILES string of the molecule is Cc1nccc2c1[nH]c1cc(OCCCCN)ccc12. The summed E-state index contributed by atoms with van der Waals surface area (Å²) in [5, 5.41) is 2.42. The Balaban J connectivity index is 1.91. The highest BCUT2D eigenvalue weighted by atomic mass is 16.5. The minimum atomic E-state index is 0.712. The third-order valence-corrected chi connectivity index (χ3v) is 3.55. The Morgan fingerprint density at radius 2 is 2.10 bits per heavy atom. The van der Waals surface area contributed by atoms with Crippen LogP contribution in [-0.4, -0.2) is 23.1 Å². The number of hydrogen-bond donors (Lipinski definition) is 2. The van der Waals surface area contributed by atoms with Crippen LogP contribution in [0, 0.1) is 6.92 Å². The normalized spacial score (nSPS) is 11.3. The highest BCUT2D eigenvalue weighted by molar-refractivity contribution is 6.08. The van der Waals surface area contributed by atoms with Crippen LogP contribution in [0.15, 0.2) is 30.5 Å². The first-order valence-electron chi connectivity index (χ1n) is 6.99. The Labute approximate surface area is 118 Å². The monoisotopic (exact) mass is 269 g/mol. The maximum absolute atomic E-state index is 5.75. The van der Waals surface area contributed by atoms with Crippen LogP contribution in [0.1, 0.15) is 18.5 Å². The molecule has 20 heavy (non-hydrogen) atoms. The summed E-state index contributed by atoms with van der Waals surface area (Å²) in [6, 6.07) is 8.22. The highest BCUT2D eigenvalue weighted by Crippen LogP contribution is 2.29. The minimum absolute atomic E-state index is 0.712. The maximum Gasteiger partial charge on any atom is 0.121 e. The van der Waals surface area contributed by atoms with Crippen LogP contribution in [0.25, 0.3) is 21.8 Å². The summed E-state index contributed by atoms with van der Waals surface area (Å²) in [5.41, 5.74) is 8.68. The van der Waals surface area contributed by atoms with E-state index in [-0.39, 0.29) is 0 Å². The van der Waals surface area contributed by atoms with Crippen molar-refractivity contribution in [1.82, 2.24) is 9.97 Å². The van der Waals surface area contributed by atoms with Crippen molar-refractivity contribution in [2.45, 2.75) is 19.8 Å². The molecule has 2 aromatic heterocycles. The highest BCUT2D eigenvalue weighted by Gasteiger charge is 2.07. The molecular formula is C16H19N3O. The number of aryl methyl sites for hydroxylation is 1. The van der Waals surface area contributed by atoms with E-state index in [4.69, 9.17) is 10.5 Å². The summed E-state index contributed by atoms with van der Waals surface area (Å²) in [5.74, 6) is 0.895. The van der Waals surface area contributed by atoms with Crippen molar-refractivity contribution < 1.29 is 4.74 Å². The number of unbranched alkanes of at least 4 members (excludes halogenated alkanes) is 1. The quantitative estimate of drug-likeness (QED) is 0.699. The van der Waals surface area contributed by atoms with E-state index in [1.54, 1.807) is 0 Å². The van der Waals surface area contributed by atoms with Crippen molar-refractivity contribution in [3.63, 3.8) is 0 Å². The van der Waals surface area contributed by atoms with Crippen LogP contribution in [-0.2, 0) is 0 Å². The molecule has 104 valence electrons. The van der Waals surface area contributed by atoms with E-state index in [0.717, 1.165) is 41.9 Å². The van der Waals surface area contributed by atoms with Gasteiger partial charge in [-0.3, -0.25) is 4.98 Å². The molecule has 0 atom stereocenters. The molecule has 0 fully saturated rings. The van der Waals surface area contributed by atoms with Gasteiger partial charge in [-0.15, -0.1) is 0 Å². The molecule has 0 aliphatic heterocycles. The molecule has 2 heterocycles. The van der Waals surface area contributed by atoms with Crippen molar-refractivity contribution in [2.75, 3.05) is 13.2 Å². The van der Waals surface area contributed by atoms with Crippen LogP contribution in [0.2, 0.25) is 0 Å². The number of nitrogens with zero attached hydrogens (tertiary/aromatic N) is 1. The molecule has 1 aromatic carbocycles. The van der Waals surface area contributed by atoms with Gasteiger partial charge >= 0.3 is 0 Å². The lowest BCUT2D eigenvalue weighted by Gasteiger charge is -2.05. The number of nitrogens with one attached hydrogen (secondary N) is 1. The Kier molecular flexibility index (Phi) is 3.56. The second kappa shape index (κ2) is 5.51. The van der Waals surface area contributed by atoms with E-state index in [9.17, 15) is 0 Å². The lowest BCUT2D eigenvalue weighted by Crippen LogP contribution is -2.03. The van der Waals surface area contributed by atoms with E-state index >= 15 is 0 Å². The number of aromatic amines is 1. The van der Waals surface area contributed by atoms with E-state index < -0.39 is 0 Å². The molecule has 0 saturated heterocycles. The summed E-state index contributed by atoms with van der Waals surface area (Å²) < 4.78 is 5.75. The number of benzene rings is 1. The molecule has 4 nitrogen and oxygen atoms in total. The molecular weight excluding hydrogens is 250 g/mol. The van der Waals surface area contributed by atoms with Crippen LogP contribution < -0.4 is 10.5 Å². The maximum atomic E-state index is 5.75. The zero-order valence-electron chi connectivity index (χ0n) is 11.6. The number of pyridine rings is 1. The Morgan fingerprint density at radius 1 is 1.20 bits per heavy atom. The average molecular weight is 269 g/mol. The molecule has 0 bridgehead atoms. The van der Waals surface area contributed by atoms with Gasteiger partial charge < -0.3 is 15.5 Å².